The standard InChI is InChI=1S/C14H18F3NO2/c1-10-6-18(8-13(9-19)20-10)7-11-2-4-12(5-3-11)14(15,16)17/h2-5,10,13,19H,6-9H2,1H3. The molecule has 0 radical (unpaired) electrons. The average molecular weight is 289 g/mol. The van der Waals surface area contributed by atoms with E-state index in [0.29, 0.717) is 19.6 Å². The van der Waals surface area contributed by atoms with Crippen LogP contribution in [-0.4, -0.2) is 41.9 Å². The molecule has 0 aliphatic carbocycles. The fraction of sp³-hybridized carbons (Fsp3) is 0.571. The average Bonchev–Trinajstić information content (AvgIpc) is 2.37. The van der Waals surface area contributed by atoms with Crippen LogP contribution in [0.1, 0.15) is 18.1 Å². The van der Waals surface area contributed by atoms with Gasteiger partial charge in [-0.1, -0.05) is 12.1 Å². The van der Waals surface area contributed by atoms with Crippen LogP contribution < -0.4 is 0 Å². The largest absolute Gasteiger partial charge is 0.416 e. The van der Waals surface area contributed by atoms with Crippen molar-refractivity contribution < 1.29 is 23.0 Å². The lowest BCUT2D eigenvalue weighted by Gasteiger charge is -2.36. The molecule has 1 aromatic carbocycles. The van der Waals surface area contributed by atoms with Gasteiger partial charge in [-0.2, -0.15) is 13.2 Å². The monoisotopic (exact) mass is 289 g/mol. The Labute approximate surface area is 116 Å². The molecule has 1 aliphatic heterocycles. The molecule has 1 N–H and O–H groups in total. The van der Waals surface area contributed by atoms with Crippen molar-refractivity contribution in [1.82, 2.24) is 4.90 Å². The Balaban J connectivity index is 1.99. The lowest BCUT2D eigenvalue weighted by molar-refractivity contribution is -0.137. The van der Waals surface area contributed by atoms with Gasteiger partial charge in [-0.3, -0.25) is 4.90 Å². The zero-order valence-electron chi connectivity index (χ0n) is 11.2. The summed E-state index contributed by atoms with van der Waals surface area (Å²) >= 11 is 0. The van der Waals surface area contributed by atoms with Crippen LogP contribution in [0.4, 0.5) is 13.2 Å². The van der Waals surface area contributed by atoms with Gasteiger partial charge >= 0.3 is 6.18 Å². The van der Waals surface area contributed by atoms with Crippen molar-refractivity contribution in [3.8, 4) is 0 Å². The Bertz CT molecular complexity index is 433. The lowest BCUT2D eigenvalue weighted by atomic mass is 10.1. The van der Waals surface area contributed by atoms with Gasteiger partial charge in [-0.15, -0.1) is 0 Å². The molecule has 0 saturated carbocycles. The topological polar surface area (TPSA) is 32.7 Å². The van der Waals surface area contributed by atoms with E-state index in [-0.39, 0.29) is 18.8 Å². The van der Waals surface area contributed by atoms with Gasteiger partial charge in [0.25, 0.3) is 0 Å². The Morgan fingerprint density at radius 1 is 1.25 bits per heavy atom. The SMILES string of the molecule is CC1CN(Cc2ccc(C(F)(F)F)cc2)CC(CO)O1. The van der Waals surface area contributed by atoms with Gasteiger partial charge in [0.05, 0.1) is 24.4 Å². The molecule has 0 bridgehead atoms. The van der Waals surface area contributed by atoms with E-state index in [1.165, 1.54) is 12.1 Å². The zero-order valence-corrected chi connectivity index (χ0v) is 11.2. The van der Waals surface area contributed by atoms with Crippen LogP contribution in [0.3, 0.4) is 0 Å². The van der Waals surface area contributed by atoms with E-state index >= 15 is 0 Å². The second kappa shape index (κ2) is 6.11. The van der Waals surface area contributed by atoms with Crippen LogP contribution in [0, 0.1) is 0 Å². The van der Waals surface area contributed by atoms with Crippen molar-refractivity contribution in [2.24, 2.45) is 0 Å². The van der Waals surface area contributed by atoms with Gasteiger partial charge in [0.1, 0.15) is 0 Å². The molecule has 112 valence electrons. The number of hydrogen-bond acceptors (Lipinski definition) is 3. The van der Waals surface area contributed by atoms with Crippen LogP contribution >= 0.6 is 0 Å². The van der Waals surface area contributed by atoms with Crippen molar-refractivity contribution in [3.05, 3.63) is 35.4 Å². The second-order valence-electron chi connectivity index (χ2n) is 5.14. The predicted molar refractivity (Wildman–Crippen MR) is 68.1 cm³/mol. The van der Waals surface area contributed by atoms with Gasteiger partial charge in [0.2, 0.25) is 0 Å². The molecule has 1 heterocycles. The number of morpholine rings is 1. The van der Waals surface area contributed by atoms with Crippen LogP contribution in [0.5, 0.6) is 0 Å². The number of aliphatic hydroxyl groups excluding tert-OH is 1. The van der Waals surface area contributed by atoms with Gasteiger partial charge in [0.15, 0.2) is 0 Å². The molecule has 6 heteroatoms. The summed E-state index contributed by atoms with van der Waals surface area (Å²) < 4.78 is 42.9. The molecule has 1 fully saturated rings. The maximum atomic E-state index is 12.5. The summed E-state index contributed by atoms with van der Waals surface area (Å²) in [4.78, 5) is 2.08. The van der Waals surface area contributed by atoms with Gasteiger partial charge in [-0.25, -0.2) is 0 Å². The third-order valence-electron chi connectivity index (χ3n) is 3.29. The van der Waals surface area contributed by atoms with E-state index in [9.17, 15) is 13.2 Å². The van der Waals surface area contributed by atoms with E-state index in [1.54, 1.807) is 0 Å². The highest BCUT2D eigenvalue weighted by Gasteiger charge is 2.30. The fourth-order valence-corrected chi connectivity index (χ4v) is 2.43. The van der Waals surface area contributed by atoms with Crippen molar-refractivity contribution >= 4 is 0 Å². The molecule has 1 saturated heterocycles. The molecule has 1 aliphatic rings. The number of nitrogens with zero attached hydrogens (tertiary/aromatic N) is 1. The molecule has 0 spiro atoms. The molecule has 0 aromatic heterocycles. The van der Waals surface area contributed by atoms with E-state index in [1.807, 2.05) is 6.92 Å². The van der Waals surface area contributed by atoms with Crippen molar-refractivity contribution in [3.63, 3.8) is 0 Å². The number of ether oxygens (including phenoxy) is 1. The first-order valence-electron chi connectivity index (χ1n) is 6.53. The summed E-state index contributed by atoms with van der Waals surface area (Å²) in [7, 11) is 0. The Morgan fingerprint density at radius 3 is 2.45 bits per heavy atom. The predicted octanol–water partition coefficient (Wildman–Crippen LogP) is 2.29. The van der Waals surface area contributed by atoms with Crippen molar-refractivity contribution in [2.45, 2.75) is 31.9 Å². The van der Waals surface area contributed by atoms with Gasteiger partial charge in [0, 0.05) is 19.6 Å². The second-order valence-corrected chi connectivity index (χ2v) is 5.14. The van der Waals surface area contributed by atoms with E-state index in [0.717, 1.165) is 17.7 Å². The highest BCUT2D eigenvalue weighted by Crippen LogP contribution is 2.29. The maximum Gasteiger partial charge on any atom is 0.416 e. The Hall–Kier alpha value is -1.11. The summed E-state index contributed by atoms with van der Waals surface area (Å²) in [5.74, 6) is 0. The molecule has 2 unspecified atom stereocenters. The highest BCUT2D eigenvalue weighted by atomic mass is 19.4. The van der Waals surface area contributed by atoms with Crippen LogP contribution in [0.25, 0.3) is 0 Å². The number of hydrogen-bond donors (Lipinski definition) is 1. The third-order valence-corrected chi connectivity index (χ3v) is 3.29. The van der Waals surface area contributed by atoms with E-state index in [4.69, 9.17) is 9.84 Å². The van der Waals surface area contributed by atoms with Crippen LogP contribution in [0.15, 0.2) is 24.3 Å². The summed E-state index contributed by atoms with van der Waals surface area (Å²) in [5, 5.41) is 9.14. The molecular weight excluding hydrogens is 271 g/mol. The van der Waals surface area contributed by atoms with Gasteiger partial charge in [-0.05, 0) is 24.6 Å². The summed E-state index contributed by atoms with van der Waals surface area (Å²) in [6, 6.07) is 5.19. The fourth-order valence-electron chi connectivity index (χ4n) is 2.43. The first-order chi connectivity index (χ1) is 9.38. The molecular formula is C14H18F3NO2. The number of rotatable bonds is 3. The number of alkyl halides is 3. The first kappa shape index (κ1) is 15.3. The molecule has 0 amide bonds. The smallest absolute Gasteiger partial charge is 0.394 e. The first-order valence-corrected chi connectivity index (χ1v) is 6.53. The maximum absolute atomic E-state index is 12.5. The normalized spacial score (nSPS) is 24.9. The zero-order chi connectivity index (χ0) is 14.8. The molecule has 20 heavy (non-hydrogen) atoms. The van der Waals surface area contributed by atoms with Crippen molar-refractivity contribution in [1.29, 1.82) is 0 Å². The van der Waals surface area contributed by atoms with Gasteiger partial charge < -0.3 is 9.84 Å². The quantitative estimate of drug-likeness (QED) is 0.926. The summed E-state index contributed by atoms with van der Waals surface area (Å²) in [6.45, 7) is 3.72. The Morgan fingerprint density at radius 2 is 1.90 bits per heavy atom. The minimum Gasteiger partial charge on any atom is -0.394 e. The lowest BCUT2D eigenvalue weighted by Crippen LogP contribution is -2.47. The van der Waals surface area contributed by atoms with Crippen LogP contribution in [-0.2, 0) is 17.5 Å². The summed E-state index contributed by atoms with van der Waals surface area (Å²) in [5.41, 5.74) is 0.189. The summed E-state index contributed by atoms with van der Waals surface area (Å²) in [6.07, 6.45) is -4.52. The number of benzene rings is 1. The Kier molecular flexibility index (Phi) is 4.67. The molecule has 1 aromatic rings. The number of halogens is 3. The highest BCUT2D eigenvalue weighted by molar-refractivity contribution is 5.24. The van der Waals surface area contributed by atoms with Crippen molar-refractivity contribution in [2.75, 3.05) is 19.7 Å². The third kappa shape index (κ3) is 3.94. The minimum absolute atomic E-state index is 0.00958. The van der Waals surface area contributed by atoms with Crippen LogP contribution in [0.2, 0.25) is 0 Å². The molecule has 3 nitrogen and oxygen atoms in total. The van der Waals surface area contributed by atoms with E-state index in [2.05, 4.69) is 4.90 Å². The number of aliphatic hydroxyl groups is 1. The minimum atomic E-state index is -4.30. The molecule has 2 rings (SSSR count). The van der Waals surface area contributed by atoms with E-state index < -0.39 is 11.7 Å². The molecule has 2 atom stereocenters.